The molecule has 1 unspecified atom stereocenters. The van der Waals surface area contributed by atoms with Gasteiger partial charge in [-0.15, -0.1) is 0 Å². The van der Waals surface area contributed by atoms with Crippen LogP contribution >= 0.6 is 11.8 Å². The van der Waals surface area contributed by atoms with Crippen LogP contribution in [0.1, 0.15) is 12.5 Å². The zero-order valence-corrected chi connectivity index (χ0v) is 9.08. The van der Waals surface area contributed by atoms with E-state index in [1.807, 2.05) is 0 Å². The largest absolute Gasteiger partial charge is 0.416 e. The summed E-state index contributed by atoms with van der Waals surface area (Å²) in [5, 5.41) is 2.68. The Bertz CT molecular complexity index is 444. The highest BCUT2D eigenvalue weighted by Gasteiger charge is 2.32. The number of rotatable bonds is 0. The molecule has 1 aromatic carbocycles. The Labute approximate surface area is 94.2 Å². The highest BCUT2D eigenvalue weighted by atomic mass is 32.2. The van der Waals surface area contributed by atoms with Crippen LogP contribution < -0.4 is 5.32 Å². The van der Waals surface area contributed by atoms with E-state index in [1.54, 1.807) is 6.92 Å². The van der Waals surface area contributed by atoms with Crippen LogP contribution in [0.3, 0.4) is 0 Å². The van der Waals surface area contributed by atoms with Crippen molar-refractivity contribution in [3.8, 4) is 0 Å². The molecule has 6 heteroatoms. The van der Waals surface area contributed by atoms with Gasteiger partial charge in [-0.1, -0.05) is 0 Å². The van der Waals surface area contributed by atoms with Gasteiger partial charge in [-0.2, -0.15) is 13.2 Å². The predicted octanol–water partition coefficient (Wildman–Crippen LogP) is 3.14. The number of alkyl halides is 3. The molecule has 0 saturated heterocycles. The van der Waals surface area contributed by atoms with Crippen molar-refractivity contribution in [3.05, 3.63) is 23.8 Å². The van der Waals surface area contributed by atoms with Crippen molar-refractivity contribution in [1.29, 1.82) is 0 Å². The molecule has 1 heterocycles. The van der Waals surface area contributed by atoms with E-state index in [-0.39, 0.29) is 11.2 Å². The molecule has 0 aliphatic carbocycles. The van der Waals surface area contributed by atoms with Gasteiger partial charge in [0.2, 0.25) is 5.12 Å². The molecule has 0 aromatic heterocycles. The molecule has 1 aromatic rings. The molecule has 1 aliphatic heterocycles. The third kappa shape index (κ3) is 2.02. The first-order valence-corrected chi connectivity index (χ1v) is 5.39. The Balaban J connectivity index is 2.40. The molecule has 1 aliphatic rings. The number of halogens is 3. The van der Waals surface area contributed by atoms with Crippen LogP contribution in [0, 0.1) is 0 Å². The fourth-order valence-electron chi connectivity index (χ4n) is 1.39. The van der Waals surface area contributed by atoms with Crippen molar-refractivity contribution in [2.45, 2.75) is 24.0 Å². The van der Waals surface area contributed by atoms with Crippen molar-refractivity contribution in [2.24, 2.45) is 0 Å². The Morgan fingerprint density at radius 3 is 2.69 bits per heavy atom. The molecular weight excluding hydrogens is 239 g/mol. The Hall–Kier alpha value is -1.17. The van der Waals surface area contributed by atoms with Crippen molar-refractivity contribution in [2.75, 3.05) is 5.32 Å². The van der Waals surface area contributed by atoms with Gasteiger partial charge in [-0.25, -0.2) is 0 Å². The number of thioether (sulfide) groups is 1. The molecule has 0 saturated carbocycles. The van der Waals surface area contributed by atoms with E-state index >= 15 is 0 Å². The lowest BCUT2D eigenvalue weighted by atomic mass is 10.2. The maximum atomic E-state index is 12.4. The average molecular weight is 247 g/mol. The first-order chi connectivity index (χ1) is 7.38. The predicted molar refractivity (Wildman–Crippen MR) is 55.4 cm³/mol. The minimum atomic E-state index is -4.37. The highest BCUT2D eigenvalue weighted by Crippen LogP contribution is 2.38. The minimum Gasteiger partial charge on any atom is -0.374 e. The van der Waals surface area contributed by atoms with Gasteiger partial charge >= 0.3 is 6.18 Å². The van der Waals surface area contributed by atoms with E-state index in [9.17, 15) is 18.0 Å². The Kier molecular flexibility index (Phi) is 2.61. The Morgan fingerprint density at radius 1 is 1.38 bits per heavy atom. The van der Waals surface area contributed by atoms with Crippen molar-refractivity contribution < 1.29 is 18.0 Å². The molecule has 2 rings (SSSR count). The molecule has 0 spiro atoms. The van der Waals surface area contributed by atoms with Gasteiger partial charge in [0.1, 0.15) is 0 Å². The number of hydrogen-bond acceptors (Lipinski definition) is 3. The van der Waals surface area contributed by atoms with Gasteiger partial charge < -0.3 is 5.32 Å². The fraction of sp³-hybridized carbons (Fsp3) is 0.300. The summed E-state index contributed by atoms with van der Waals surface area (Å²) >= 11 is 0.849. The zero-order valence-electron chi connectivity index (χ0n) is 8.26. The van der Waals surface area contributed by atoms with Crippen molar-refractivity contribution in [3.63, 3.8) is 0 Å². The van der Waals surface area contributed by atoms with E-state index < -0.39 is 11.7 Å². The third-order valence-corrected chi connectivity index (χ3v) is 3.36. The van der Waals surface area contributed by atoms with Gasteiger partial charge in [-0.3, -0.25) is 4.79 Å². The second kappa shape index (κ2) is 3.69. The van der Waals surface area contributed by atoms with Crippen LogP contribution in [0.25, 0.3) is 0 Å². The number of benzene rings is 1. The van der Waals surface area contributed by atoms with Crippen LogP contribution in [0.2, 0.25) is 0 Å². The molecule has 0 amide bonds. The summed E-state index contributed by atoms with van der Waals surface area (Å²) in [6.45, 7) is 1.68. The first-order valence-electron chi connectivity index (χ1n) is 4.57. The summed E-state index contributed by atoms with van der Waals surface area (Å²) in [5.74, 6) is 0. The van der Waals surface area contributed by atoms with Crippen LogP contribution in [0.5, 0.6) is 0 Å². The van der Waals surface area contributed by atoms with Gasteiger partial charge in [0.15, 0.2) is 0 Å². The van der Waals surface area contributed by atoms with Crippen LogP contribution in [0.15, 0.2) is 23.1 Å². The lowest BCUT2D eigenvalue weighted by molar-refractivity contribution is -0.137. The van der Waals surface area contributed by atoms with Crippen LogP contribution in [-0.4, -0.2) is 11.2 Å². The number of carbonyl (C=O) groups is 1. The highest BCUT2D eigenvalue weighted by molar-refractivity contribution is 8.14. The number of carbonyl (C=O) groups excluding carboxylic acids is 1. The van der Waals surface area contributed by atoms with E-state index in [0.717, 1.165) is 23.9 Å². The zero-order chi connectivity index (χ0) is 11.9. The molecule has 86 valence electrons. The van der Waals surface area contributed by atoms with Gasteiger partial charge in [0.25, 0.3) is 0 Å². The first kappa shape index (κ1) is 11.3. The lowest BCUT2D eigenvalue weighted by Gasteiger charge is -2.22. The van der Waals surface area contributed by atoms with E-state index in [0.29, 0.717) is 10.6 Å². The standard InChI is InChI=1S/C10H8F3NOS/c1-5-9(15)16-8-4-6(10(11,12)13)2-3-7(8)14-5/h2-5,14H,1H3. The van der Waals surface area contributed by atoms with Crippen molar-refractivity contribution in [1.82, 2.24) is 0 Å². The molecule has 0 radical (unpaired) electrons. The number of hydrogen-bond donors (Lipinski definition) is 1. The van der Waals surface area contributed by atoms with E-state index in [1.165, 1.54) is 6.07 Å². The summed E-state index contributed by atoms with van der Waals surface area (Å²) in [5.41, 5.74) is -0.159. The maximum absolute atomic E-state index is 12.4. The second-order valence-electron chi connectivity index (χ2n) is 3.50. The molecule has 0 fully saturated rings. The SMILES string of the molecule is CC1Nc2ccc(C(F)(F)F)cc2SC1=O. The molecule has 2 nitrogen and oxygen atoms in total. The topological polar surface area (TPSA) is 29.1 Å². The van der Waals surface area contributed by atoms with E-state index in [4.69, 9.17) is 0 Å². The van der Waals surface area contributed by atoms with Crippen LogP contribution in [0.4, 0.5) is 18.9 Å². The van der Waals surface area contributed by atoms with Gasteiger partial charge in [0, 0.05) is 10.6 Å². The summed E-state index contributed by atoms with van der Waals surface area (Å²) in [6.07, 6.45) is -4.37. The quantitative estimate of drug-likeness (QED) is 0.763. The number of nitrogens with one attached hydrogen (secondary N) is 1. The lowest BCUT2D eigenvalue weighted by Crippen LogP contribution is -2.27. The number of anilines is 1. The smallest absolute Gasteiger partial charge is 0.374 e. The molecule has 0 bridgehead atoms. The molecule has 1 N–H and O–H groups in total. The number of fused-ring (bicyclic) bond motifs is 1. The summed E-state index contributed by atoms with van der Waals surface area (Å²) in [4.78, 5) is 11.7. The minimum absolute atomic E-state index is 0.174. The average Bonchev–Trinajstić information content (AvgIpc) is 2.17. The fourth-order valence-corrected chi connectivity index (χ4v) is 2.27. The molecule has 16 heavy (non-hydrogen) atoms. The third-order valence-electron chi connectivity index (χ3n) is 2.25. The van der Waals surface area contributed by atoms with E-state index in [2.05, 4.69) is 5.32 Å². The summed E-state index contributed by atoms with van der Waals surface area (Å²) < 4.78 is 37.3. The summed E-state index contributed by atoms with van der Waals surface area (Å²) in [6, 6.07) is 2.99. The molecule has 1 atom stereocenters. The monoisotopic (exact) mass is 247 g/mol. The van der Waals surface area contributed by atoms with Gasteiger partial charge in [0.05, 0.1) is 11.6 Å². The normalized spacial score (nSPS) is 20.2. The maximum Gasteiger partial charge on any atom is 0.416 e. The summed E-state index contributed by atoms with van der Waals surface area (Å²) in [7, 11) is 0. The second-order valence-corrected chi connectivity index (χ2v) is 4.54. The Morgan fingerprint density at radius 2 is 2.06 bits per heavy atom. The molecular formula is C10H8F3NOS. The van der Waals surface area contributed by atoms with Gasteiger partial charge in [-0.05, 0) is 36.9 Å². The van der Waals surface area contributed by atoms with Crippen LogP contribution in [-0.2, 0) is 11.0 Å². The van der Waals surface area contributed by atoms with Crippen molar-refractivity contribution >= 4 is 22.6 Å².